The van der Waals surface area contributed by atoms with E-state index in [0.717, 1.165) is 36.1 Å². The average molecular weight is 286 g/mol. The number of H-pyrrole nitrogens is 1. The maximum absolute atomic E-state index is 11.5. The van der Waals surface area contributed by atoms with Gasteiger partial charge in [-0.1, -0.05) is 13.3 Å². The fourth-order valence-corrected chi connectivity index (χ4v) is 3.52. The van der Waals surface area contributed by atoms with Gasteiger partial charge in [-0.25, -0.2) is 4.98 Å². The van der Waals surface area contributed by atoms with E-state index in [-0.39, 0.29) is 11.8 Å². The summed E-state index contributed by atoms with van der Waals surface area (Å²) in [5, 5.41) is 9.48. The standard InChI is InChI=1S/C17H22N2O2/c1-4-11-7-12(13(8-11)17(20)21)16-18-14-5-9(2)10(3)6-15(14)19-16/h5-6,11-13H,4,7-8H2,1-3H3,(H,18,19)(H,20,21). The van der Waals surface area contributed by atoms with Gasteiger partial charge in [0.1, 0.15) is 5.82 Å². The van der Waals surface area contributed by atoms with Gasteiger partial charge in [-0.15, -0.1) is 0 Å². The van der Waals surface area contributed by atoms with Crippen LogP contribution in [0, 0.1) is 25.7 Å². The number of aromatic amines is 1. The molecule has 0 spiro atoms. The molecule has 1 aromatic heterocycles. The smallest absolute Gasteiger partial charge is 0.307 e. The van der Waals surface area contributed by atoms with E-state index in [4.69, 9.17) is 0 Å². The fourth-order valence-electron chi connectivity index (χ4n) is 3.52. The summed E-state index contributed by atoms with van der Waals surface area (Å²) in [7, 11) is 0. The van der Waals surface area contributed by atoms with E-state index in [9.17, 15) is 9.90 Å². The molecule has 1 aliphatic carbocycles. The van der Waals surface area contributed by atoms with E-state index in [1.54, 1.807) is 0 Å². The number of nitrogens with one attached hydrogen (secondary N) is 1. The molecule has 0 saturated heterocycles. The Balaban J connectivity index is 2.00. The number of hydrogen-bond donors (Lipinski definition) is 2. The number of carboxylic acids is 1. The molecule has 1 aliphatic rings. The highest BCUT2D eigenvalue weighted by atomic mass is 16.4. The summed E-state index contributed by atoms with van der Waals surface area (Å²) in [4.78, 5) is 19.6. The van der Waals surface area contributed by atoms with Gasteiger partial charge < -0.3 is 10.1 Å². The Morgan fingerprint density at radius 3 is 2.71 bits per heavy atom. The van der Waals surface area contributed by atoms with E-state index >= 15 is 0 Å². The zero-order valence-corrected chi connectivity index (χ0v) is 12.8. The minimum atomic E-state index is -0.691. The summed E-state index contributed by atoms with van der Waals surface area (Å²) in [6.07, 6.45) is 2.73. The number of rotatable bonds is 3. The van der Waals surface area contributed by atoms with Crippen molar-refractivity contribution in [3.8, 4) is 0 Å². The second kappa shape index (κ2) is 5.17. The van der Waals surface area contributed by atoms with E-state index in [2.05, 4.69) is 42.9 Å². The first-order chi connectivity index (χ1) is 9.99. The van der Waals surface area contributed by atoms with Crippen LogP contribution in [-0.2, 0) is 4.79 Å². The Kier molecular flexibility index (Phi) is 3.47. The van der Waals surface area contributed by atoms with Gasteiger partial charge in [-0.3, -0.25) is 4.79 Å². The van der Waals surface area contributed by atoms with Crippen LogP contribution in [0.4, 0.5) is 0 Å². The molecular weight excluding hydrogens is 264 g/mol. The van der Waals surface area contributed by atoms with Crippen LogP contribution in [0.5, 0.6) is 0 Å². The fraction of sp³-hybridized carbons (Fsp3) is 0.529. The van der Waals surface area contributed by atoms with Crippen LogP contribution < -0.4 is 0 Å². The number of imidazole rings is 1. The zero-order chi connectivity index (χ0) is 15.1. The van der Waals surface area contributed by atoms with E-state index in [1.165, 1.54) is 11.1 Å². The largest absolute Gasteiger partial charge is 0.481 e. The summed E-state index contributed by atoms with van der Waals surface area (Å²) in [5.74, 6) is 0.355. The Morgan fingerprint density at radius 2 is 2.05 bits per heavy atom. The molecule has 4 nitrogen and oxygen atoms in total. The number of aromatic nitrogens is 2. The molecule has 0 bridgehead atoms. The van der Waals surface area contributed by atoms with Crippen LogP contribution in [0.1, 0.15) is 49.1 Å². The molecule has 1 fully saturated rings. The molecule has 1 aromatic carbocycles. The molecule has 3 unspecified atom stereocenters. The first-order valence-corrected chi connectivity index (χ1v) is 7.69. The van der Waals surface area contributed by atoms with Crippen LogP contribution in [0.15, 0.2) is 12.1 Å². The lowest BCUT2D eigenvalue weighted by Crippen LogP contribution is -2.17. The van der Waals surface area contributed by atoms with Crippen LogP contribution in [0.3, 0.4) is 0 Å². The summed E-state index contributed by atoms with van der Waals surface area (Å²) in [5.41, 5.74) is 4.40. The first-order valence-electron chi connectivity index (χ1n) is 7.69. The Labute approximate surface area is 124 Å². The quantitative estimate of drug-likeness (QED) is 0.902. The van der Waals surface area contributed by atoms with Gasteiger partial charge >= 0.3 is 5.97 Å². The van der Waals surface area contributed by atoms with Gasteiger partial charge in [0.15, 0.2) is 0 Å². The third-order valence-electron chi connectivity index (χ3n) is 5.02. The third-order valence-corrected chi connectivity index (χ3v) is 5.02. The van der Waals surface area contributed by atoms with Crippen molar-refractivity contribution < 1.29 is 9.90 Å². The molecule has 3 atom stereocenters. The number of aryl methyl sites for hydroxylation is 2. The van der Waals surface area contributed by atoms with Crippen LogP contribution in [0.25, 0.3) is 11.0 Å². The van der Waals surface area contributed by atoms with Crippen molar-refractivity contribution in [1.82, 2.24) is 9.97 Å². The van der Waals surface area contributed by atoms with Crippen molar-refractivity contribution in [1.29, 1.82) is 0 Å². The van der Waals surface area contributed by atoms with Gasteiger partial charge in [-0.2, -0.15) is 0 Å². The lowest BCUT2D eigenvalue weighted by Gasteiger charge is -2.12. The molecule has 112 valence electrons. The molecular formula is C17H22N2O2. The topological polar surface area (TPSA) is 66.0 Å². The van der Waals surface area contributed by atoms with Crippen molar-refractivity contribution in [3.05, 3.63) is 29.1 Å². The van der Waals surface area contributed by atoms with Crippen LogP contribution in [0.2, 0.25) is 0 Å². The number of carbonyl (C=O) groups is 1. The SMILES string of the molecule is CCC1CC(C(=O)O)C(c2nc3cc(C)c(C)cc3[nH]2)C1. The van der Waals surface area contributed by atoms with E-state index in [1.807, 2.05) is 0 Å². The van der Waals surface area contributed by atoms with Crippen molar-refractivity contribution in [2.45, 2.75) is 46.0 Å². The van der Waals surface area contributed by atoms with Crippen molar-refractivity contribution >= 4 is 17.0 Å². The highest BCUT2D eigenvalue weighted by Gasteiger charge is 2.40. The molecule has 0 aliphatic heterocycles. The number of hydrogen-bond acceptors (Lipinski definition) is 2. The third kappa shape index (κ3) is 2.43. The second-order valence-electron chi connectivity index (χ2n) is 6.37. The van der Waals surface area contributed by atoms with Gasteiger partial charge in [0.05, 0.1) is 17.0 Å². The number of nitrogens with zero attached hydrogens (tertiary/aromatic N) is 1. The highest BCUT2D eigenvalue weighted by Crippen LogP contribution is 2.44. The lowest BCUT2D eigenvalue weighted by atomic mass is 9.96. The molecule has 1 heterocycles. The maximum atomic E-state index is 11.5. The molecule has 21 heavy (non-hydrogen) atoms. The number of fused-ring (bicyclic) bond motifs is 1. The monoisotopic (exact) mass is 286 g/mol. The van der Waals surface area contributed by atoms with Crippen LogP contribution >= 0.6 is 0 Å². The Hall–Kier alpha value is -1.84. The minimum absolute atomic E-state index is 0.0143. The molecule has 3 rings (SSSR count). The molecule has 1 saturated carbocycles. The van der Waals surface area contributed by atoms with Crippen molar-refractivity contribution in [3.63, 3.8) is 0 Å². The molecule has 4 heteroatoms. The number of aliphatic carboxylic acids is 1. The van der Waals surface area contributed by atoms with Gasteiger partial charge in [0.2, 0.25) is 0 Å². The second-order valence-corrected chi connectivity index (χ2v) is 6.37. The number of carboxylic acid groups (broad SMARTS) is 1. The maximum Gasteiger partial charge on any atom is 0.307 e. The minimum Gasteiger partial charge on any atom is -0.481 e. The summed E-state index contributed by atoms with van der Waals surface area (Å²) in [6.45, 7) is 6.29. The van der Waals surface area contributed by atoms with E-state index < -0.39 is 5.97 Å². The molecule has 0 radical (unpaired) electrons. The Bertz CT molecular complexity index is 650. The summed E-state index contributed by atoms with van der Waals surface area (Å²) >= 11 is 0. The van der Waals surface area contributed by atoms with Gasteiger partial charge in [0.25, 0.3) is 0 Å². The highest BCUT2D eigenvalue weighted by molar-refractivity contribution is 5.78. The molecule has 2 aromatic rings. The number of benzene rings is 1. The first kappa shape index (κ1) is 14.1. The predicted octanol–water partition coefficient (Wildman–Crippen LogP) is 3.78. The normalized spacial score (nSPS) is 25.6. The van der Waals surface area contributed by atoms with Crippen LogP contribution in [-0.4, -0.2) is 21.0 Å². The summed E-state index contributed by atoms with van der Waals surface area (Å²) in [6, 6.07) is 4.18. The van der Waals surface area contributed by atoms with Crippen molar-refractivity contribution in [2.24, 2.45) is 11.8 Å². The predicted molar refractivity (Wildman–Crippen MR) is 82.4 cm³/mol. The lowest BCUT2D eigenvalue weighted by molar-refractivity contribution is -0.142. The molecule has 0 amide bonds. The van der Waals surface area contributed by atoms with Gasteiger partial charge in [-0.05, 0) is 55.9 Å². The van der Waals surface area contributed by atoms with Crippen molar-refractivity contribution in [2.75, 3.05) is 0 Å². The van der Waals surface area contributed by atoms with E-state index in [0.29, 0.717) is 5.92 Å². The van der Waals surface area contributed by atoms with Gasteiger partial charge in [0, 0.05) is 5.92 Å². The summed E-state index contributed by atoms with van der Waals surface area (Å²) < 4.78 is 0. The zero-order valence-electron chi connectivity index (χ0n) is 12.8. The Morgan fingerprint density at radius 1 is 1.33 bits per heavy atom. The molecule has 2 N–H and O–H groups in total. The average Bonchev–Trinajstić information content (AvgIpc) is 3.02.